The zero-order valence-corrected chi connectivity index (χ0v) is 11.8. The van der Waals surface area contributed by atoms with E-state index in [0.717, 1.165) is 0 Å². The first-order valence-electron chi connectivity index (χ1n) is 4.59. The van der Waals surface area contributed by atoms with Crippen LogP contribution in [0.1, 0.15) is 11.6 Å². The van der Waals surface area contributed by atoms with E-state index in [1.807, 2.05) is 0 Å². The third-order valence-electron chi connectivity index (χ3n) is 2.23. The monoisotopic (exact) mass is 377 g/mol. The van der Waals surface area contributed by atoms with Gasteiger partial charge in [0.1, 0.15) is 6.04 Å². The fraction of sp³-hybridized carbons (Fsp3) is 0.400. The maximum Gasteiger partial charge on any atom is 0.326 e. The van der Waals surface area contributed by atoms with Crippen LogP contribution in [0.15, 0.2) is 27.1 Å². The molecule has 0 aliphatic heterocycles. The van der Waals surface area contributed by atoms with Gasteiger partial charge in [-0.3, -0.25) is 0 Å². The van der Waals surface area contributed by atoms with Crippen LogP contribution in [0.3, 0.4) is 0 Å². The predicted octanol–water partition coefficient (Wildman–Crippen LogP) is 4.37. The highest BCUT2D eigenvalue weighted by atomic mass is 79.9. The lowest BCUT2D eigenvalue weighted by Gasteiger charge is -2.27. The lowest BCUT2D eigenvalue weighted by molar-refractivity contribution is -0.150. The van der Waals surface area contributed by atoms with Crippen LogP contribution < -0.4 is 5.32 Å². The molecule has 0 radical (unpaired) electrons. The summed E-state index contributed by atoms with van der Waals surface area (Å²) in [6.07, 6.45) is -3.73. The molecule has 0 bridgehead atoms. The molecule has 0 heterocycles. The molecule has 1 aromatic rings. The van der Waals surface area contributed by atoms with Crippen LogP contribution in [0.5, 0.6) is 0 Å². The molecule has 1 rings (SSSR count). The second-order valence-corrected chi connectivity index (χ2v) is 5.13. The smallest absolute Gasteiger partial charge is 0.308 e. The van der Waals surface area contributed by atoms with Crippen LogP contribution in [-0.2, 0) is 0 Å². The van der Waals surface area contributed by atoms with Crippen molar-refractivity contribution in [2.75, 3.05) is 7.05 Å². The minimum Gasteiger partial charge on any atom is -0.308 e. The average molecular weight is 379 g/mol. The van der Waals surface area contributed by atoms with E-state index >= 15 is 0 Å². The standard InChI is InChI=1S/C10H9Br2F4N/c1-17-8(10(15,16)9(13)14)6-4-5(11)2-3-7(6)12/h2-4,8-9,17H,1H3. The summed E-state index contributed by atoms with van der Waals surface area (Å²) in [7, 11) is 1.22. The zero-order chi connectivity index (χ0) is 13.2. The molecular formula is C10H9Br2F4N. The Kier molecular flexibility index (Phi) is 4.97. The first kappa shape index (κ1) is 14.9. The van der Waals surface area contributed by atoms with Crippen LogP contribution in [0.4, 0.5) is 17.6 Å². The fourth-order valence-electron chi connectivity index (χ4n) is 1.42. The third kappa shape index (κ3) is 3.20. The molecule has 1 N–H and O–H groups in total. The minimum absolute atomic E-state index is 0.0761. The molecule has 1 atom stereocenters. The highest BCUT2D eigenvalue weighted by Gasteiger charge is 2.49. The number of alkyl halides is 4. The lowest BCUT2D eigenvalue weighted by atomic mass is 10.0. The number of rotatable bonds is 4. The Morgan fingerprint density at radius 1 is 1.24 bits per heavy atom. The van der Waals surface area contributed by atoms with E-state index in [1.54, 1.807) is 6.07 Å². The van der Waals surface area contributed by atoms with E-state index in [0.29, 0.717) is 8.95 Å². The molecule has 0 aliphatic carbocycles. The van der Waals surface area contributed by atoms with Gasteiger partial charge in [-0.2, -0.15) is 8.78 Å². The van der Waals surface area contributed by atoms with Crippen molar-refractivity contribution in [1.29, 1.82) is 0 Å². The normalized spacial score (nSPS) is 14.1. The van der Waals surface area contributed by atoms with Crippen molar-refractivity contribution < 1.29 is 17.6 Å². The maximum absolute atomic E-state index is 13.4. The highest BCUT2D eigenvalue weighted by molar-refractivity contribution is 9.11. The number of hydrogen-bond donors (Lipinski definition) is 1. The Balaban J connectivity index is 3.22. The molecule has 0 aliphatic rings. The van der Waals surface area contributed by atoms with E-state index in [2.05, 4.69) is 37.2 Å². The second kappa shape index (κ2) is 5.67. The molecule has 0 aromatic heterocycles. The van der Waals surface area contributed by atoms with Crippen molar-refractivity contribution in [3.8, 4) is 0 Å². The van der Waals surface area contributed by atoms with Gasteiger partial charge >= 0.3 is 12.3 Å². The molecule has 1 nitrogen and oxygen atoms in total. The van der Waals surface area contributed by atoms with Crippen molar-refractivity contribution in [1.82, 2.24) is 5.32 Å². The molecule has 96 valence electrons. The van der Waals surface area contributed by atoms with E-state index in [9.17, 15) is 17.6 Å². The second-order valence-electron chi connectivity index (χ2n) is 3.36. The summed E-state index contributed by atoms with van der Waals surface area (Å²) < 4.78 is 52.3. The Bertz CT molecular complexity index is 398. The largest absolute Gasteiger partial charge is 0.326 e. The van der Waals surface area contributed by atoms with E-state index in [-0.39, 0.29) is 5.56 Å². The SMILES string of the molecule is CNC(c1cc(Br)ccc1Br)C(F)(F)C(F)F. The Morgan fingerprint density at radius 3 is 2.29 bits per heavy atom. The molecule has 17 heavy (non-hydrogen) atoms. The zero-order valence-electron chi connectivity index (χ0n) is 8.65. The van der Waals surface area contributed by atoms with Crippen molar-refractivity contribution in [3.05, 3.63) is 32.7 Å². The molecule has 0 spiro atoms. The summed E-state index contributed by atoms with van der Waals surface area (Å²) in [6.45, 7) is 0. The van der Waals surface area contributed by atoms with Crippen LogP contribution >= 0.6 is 31.9 Å². The Morgan fingerprint density at radius 2 is 1.82 bits per heavy atom. The first-order valence-corrected chi connectivity index (χ1v) is 6.17. The summed E-state index contributed by atoms with van der Waals surface area (Å²) in [4.78, 5) is 0. The average Bonchev–Trinajstić information content (AvgIpc) is 2.23. The number of halogens is 6. The maximum atomic E-state index is 13.4. The van der Waals surface area contributed by atoms with Crippen LogP contribution in [-0.4, -0.2) is 19.4 Å². The number of hydrogen-bond acceptors (Lipinski definition) is 1. The van der Waals surface area contributed by atoms with Crippen molar-refractivity contribution in [2.45, 2.75) is 18.4 Å². The van der Waals surface area contributed by atoms with Gasteiger partial charge in [0, 0.05) is 8.95 Å². The van der Waals surface area contributed by atoms with Gasteiger partial charge in [0.15, 0.2) is 0 Å². The summed E-state index contributed by atoms with van der Waals surface area (Å²) in [5.74, 6) is -4.14. The Hall–Kier alpha value is -0.140. The van der Waals surface area contributed by atoms with Gasteiger partial charge < -0.3 is 5.32 Å². The number of nitrogens with one attached hydrogen (secondary N) is 1. The fourth-order valence-corrected chi connectivity index (χ4v) is 2.27. The number of benzene rings is 1. The van der Waals surface area contributed by atoms with Crippen molar-refractivity contribution in [3.63, 3.8) is 0 Å². The van der Waals surface area contributed by atoms with Crippen LogP contribution in [0.2, 0.25) is 0 Å². The topological polar surface area (TPSA) is 12.0 Å². The van der Waals surface area contributed by atoms with Gasteiger partial charge in [-0.15, -0.1) is 0 Å². The summed E-state index contributed by atoms with van der Waals surface area (Å²) in [5.41, 5.74) is 0.0761. The van der Waals surface area contributed by atoms with E-state index in [1.165, 1.54) is 19.2 Å². The van der Waals surface area contributed by atoms with Crippen molar-refractivity contribution >= 4 is 31.9 Å². The predicted molar refractivity (Wildman–Crippen MR) is 64.6 cm³/mol. The summed E-state index contributed by atoms with van der Waals surface area (Å²) >= 11 is 6.19. The molecule has 1 unspecified atom stereocenters. The van der Waals surface area contributed by atoms with E-state index < -0.39 is 18.4 Å². The van der Waals surface area contributed by atoms with Gasteiger partial charge in [-0.25, -0.2) is 8.78 Å². The lowest BCUT2D eigenvalue weighted by Crippen LogP contribution is -2.41. The van der Waals surface area contributed by atoms with Gasteiger partial charge in [0.25, 0.3) is 0 Å². The quantitative estimate of drug-likeness (QED) is 0.767. The van der Waals surface area contributed by atoms with Crippen LogP contribution in [0, 0.1) is 0 Å². The summed E-state index contributed by atoms with van der Waals surface area (Å²) in [6, 6.07) is 2.77. The summed E-state index contributed by atoms with van der Waals surface area (Å²) in [5, 5.41) is 2.23. The molecule has 1 aromatic carbocycles. The molecule has 0 saturated heterocycles. The van der Waals surface area contributed by atoms with Crippen LogP contribution in [0.25, 0.3) is 0 Å². The molecule has 0 fully saturated rings. The van der Waals surface area contributed by atoms with Gasteiger partial charge in [0.2, 0.25) is 0 Å². The molecule has 0 saturated carbocycles. The van der Waals surface area contributed by atoms with Gasteiger partial charge in [0.05, 0.1) is 0 Å². The molecule has 7 heteroatoms. The highest BCUT2D eigenvalue weighted by Crippen LogP contribution is 2.39. The molecule has 0 amide bonds. The first-order chi connectivity index (χ1) is 7.80. The molecular weight excluding hydrogens is 370 g/mol. The van der Waals surface area contributed by atoms with Crippen molar-refractivity contribution in [2.24, 2.45) is 0 Å². The van der Waals surface area contributed by atoms with Gasteiger partial charge in [-0.05, 0) is 30.8 Å². The van der Waals surface area contributed by atoms with Gasteiger partial charge in [-0.1, -0.05) is 31.9 Å². The third-order valence-corrected chi connectivity index (χ3v) is 3.45. The minimum atomic E-state index is -4.14. The van der Waals surface area contributed by atoms with E-state index in [4.69, 9.17) is 0 Å². The Labute approximate surface area is 113 Å².